The molecular formula is C22H20ClFN4O2. The van der Waals surface area contributed by atoms with Crippen molar-refractivity contribution in [1.29, 1.82) is 0 Å². The number of aliphatic hydroxyl groups excluding tert-OH is 1. The molecule has 2 heterocycles. The second-order valence-electron chi connectivity index (χ2n) is 8.06. The van der Waals surface area contributed by atoms with Crippen molar-refractivity contribution in [3.8, 4) is 0 Å². The maximum atomic E-state index is 14.5. The van der Waals surface area contributed by atoms with Gasteiger partial charge in [0.1, 0.15) is 18.0 Å². The van der Waals surface area contributed by atoms with Crippen LogP contribution in [0.25, 0.3) is 0 Å². The summed E-state index contributed by atoms with van der Waals surface area (Å²) in [6.07, 6.45) is 3.13. The van der Waals surface area contributed by atoms with Gasteiger partial charge in [0.15, 0.2) is 0 Å². The fourth-order valence-electron chi connectivity index (χ4n) is 4.65. The summed E-state index contributed by atoms with van der Waals surface area (Å²) in [5.74, 6) is 0.0992. The summed E-state index contributed by atoms with van der Waals surface area (Å²) in [7, 11) is 1.91. The van der Waals surface area contributed by atoms with Crippen LogP contribution in [0.3, 0.4) is 0 Å². The molecule has 1 aliphatic carbocycles. The molecule has 3 aromatic rings. The van der Waals surface area contributed by atoms with Gasteiger partial charge in [-0.05, 0) is 48.2 Å². The molecule has 0 atom stereocenters. The number of amides is 1. The minimum absolute atomic E-state index is 0.0500. The highest BCUT2D eigenvalue weighted by atomic mass is 35.5. The van der Waals surface area contributed by atoms with Crippen LogP contribution in [0.4, 0.5) is 10.1 Å². The number of benzene rings is 2. The van der Waals surface area contributed by atoms with E-state index in [1.54, 1.807) is 17.3 Å². The van der Waals surface area contributed by atoms with Crippen LogP contribution in [0.15, 0.2) is 42.7 Å². The molecule has 0 unspecified atom stereocenters. The van der Waals surface area contributed by atoms with Crippen molar-refractivity contribution >= 4 is 23.2 Å². The lowest BCUT2D eigenvalue weighted by atomic mass is 9.63. The molecule has 30 heavy (non-hydrogen) atoms. The van der Waals surface area contributed by atoms with Gasteiger partial charge >= 0.3 is 0 Å². The first-order chi connectivity index (χ1) is 14.4. The smallest absolute Gasteiger partial charge is 0.259 e. The van der Waals surface area contributed by atoms with E-state index in [0.717, 1.165) is 24.2 Å². The third-order valence-electron chi connectivity index (χ3n) is 6.22. The number of alkyl halides is 1. The van der Waals surface area contributed by atoms with Crippen LogP contribution in [-0.2, 0) is 25.6 Å². The molecule has 154 valence electrons. The fourth-order valence-corrected chi connectivity index (χ4v) is 5.18. The van der Waals surface area contributed by atoms with Crippen LogP contribution in [0.2, 0.25) is 0 Å². The highest BCUT2D eigenvalue weighted by molar-refractivity contribution is 6.21. The van der Waals surface area contributed by atoms with Crippen molar-refractivity contribution in [3.05, 3.63) is 76.6 Å². The average Bonchev–Trinajstić information content (AvgIpc) is 3.29. The van der Waals surface area contributed by atoms with Crippen molar-refractivity contribution in [2.75, 3.05) is 4.90 Å². The molecule has 1 amide bonds. The van der Waals surface area contributed by atoms with Gasteiger partial charge in [-0.2, -0.15) is 0 Å². The van der Waals surface area contributed by atoms with E-state index in [1.165, 1.54) is 6.07 Å². The third kappa shape index (κ3) is 2.76. The second-order valence-corrected chi connectivity index (χ2v) is 8.67. The van der Waals surface area contributed by atoms with Gasteiger partial charge in [-0.1, -0.05) is 12.1 Å². The Morgan fingerprint density at radius 2 is 2.10 bits per heavy atom. The molecule has 0 radical (unpaired) electrons. The summed E-state index contributed by atoms with van der Waals surface area (Å²) in [4.78, 5) is 14.6. The number of nitrogens with zero attached hydrogens (tertiary/aromatic N) is 4. The van der Waals surface area contributed by atoms with Crippen molar-refractivity contribution < 1.29 is 14.3 Å². The average molecular weight is 427 g/mol. The zero-order valence-electron chi connectivity index (χ0n) is 16.3. The first kappa shape index (κ1) is 19.2. The first-order valence-electron chi connectivity index (χ1n) is 9.76. The number of halogens is 2. The standard InChI is InChI=1S/C22H20ClFN4O2/c1-27-12-25-26-21(27)22(8-15(23)9-22)14-3-2-4-16(7-14)28-10-18-17(20(28)30)5-13(11-29)6-19(18)24/h2-7,12,15,29H,8-11H2,1H3. The highest BCUT2D eigenvalue weighted by Crippen LogP contribution is 2.51. The Balaban J connectivity index is 1.54. The maximum Gasteiger partial charge on any atom is 0.259 e. The summed E-state index contributed by atoms with van der Waals surface area (Å²) in [5.41, 5.74) is 2.39. The van der Waals surface area contributed by atoms with Crippen LogP contribution in [0.1, 0.15) is 45.7 Å². The van der Waals surface area contributed by atoms with Crippen LogP contribution >= 0.6 is 11.6 Å². The molecule has 1 aliphatic heterocycles. The zero-order chi connectivity index (χ0) is 21.0. The van der Waals surface area contributed by atoms with Gasteiger partial charge < -0.3 is 14.6 Å². The van der Waals surface area contributed by atoms with E-state index >= 15 is 0 Å². The van der Waals surface area contributed by atoms with Gasteiger partial charge in [0.05, 0.1) is 18.6 Å². The van der Waals surface area contributed by atoms with Crippen molar-refractivity contribution in [3.63, 3.8) is 0 Å². The van der Waals surface area contributed by atoms with Crippen molar-refractivity contribution in [1.82, 2.24) is 14.8 Å². The molecule has 5 rings (SSSR count). The molecule has 6 nitrogen and oxygen atoms in total. The number of anilines is 1. The SMILES string of the molecule is Cn1cnnc1C1(c2cccc(N3Cc4c(F)cc(CO)cc4C3=O)c2)CC(Cl)C1. The molecule has 2 aliphatic rings. The Morgan fingerprint density at radius 1 is 1.30 bits per heavy atom. The summed E-state index contributed by atoms with van der Waals surface area (Å²) >= 11 is 6.37. The van der Waals surface area contributed by atoms with E-state index in [2.05, 4.69) is 10.2 Å². The van der Waals surface area contributed by atoms with Gasteiger partial charge in [0.2, 0.25) is 0 Å². The van der Waals surface area contributed by atoms with Gasteiger partial charge in [-0.25, -0.2) is 4.39 Å². The quantitative estimate of drug-likeness (QED) is 0.650. The fraction of sp³-hybridized carbons (Fsp3) is 0.318. The van der Waals surface area contributed by atoms with E-state index in [-0.39, 0.29) is 29.9 Å². The van der Waals surface area contributed by atoms with Crippen LogP contribution in [0.5, 0.6) is 0 Å². The molecule has 1 fully saturated rings. The second kappa shape index (κ2) is 6.89. The maximum absolute atomic E-state index is 14.5. The van der Waals surface area contributed by atoms with Crippen molar-refractivity contribution in [2.45, 2.75) is 36.8 Å². The summed E-state index contributed by atoms with van der Waals surface area (Å²) in [6, 6.07) is 10.6. The molecule has 1 aromatic heterocycles. The Labute approximate surface area is 177 Å². The minimum atomic E-state index is -0.469. The molecule has 0 spiro atoms. The molecule has 1 N–H and O–H groups in total. The minimum Gasteiger partial charge on any atom is -0.392 e. The normalized spacial score (nSPS) is 22.9. The van der Waals surface area contributed by atoms with Gasteiger partial charge in [0, 0.05) is 29.2 Å². The topological polar surface area (TPSA) is 71.2 Å². The largest absolute Gasteiger partial charge is 0.392 e. The van der Waals surface area contributed by atoms with Crippen molar-refractivity contribution in [2.24, 2.45) is 7.05 Å². The number of fused-ring (bicyclic) bond motifs is 1. The van der Waals surface area contributed by atoms with Crippen LogP contribution in [0, 0.1) is 5.82 Å². The number of carbonyl (C=O) groups is 1. The number of hydrogen-bond donors (Lipinski definition) is 1. The number of aryl methyl sites for hydroxylation is 1. The lowest BCUT2D eigenvalue weighted by Crippen LogP contribution is -2.45. The molecule has 2 aromatic carbocycles. The molecular weight excluding hydrogens is 407 g/mol. The van der Waals surface area contributed by atoms with E-state index < -0.39 is 5.82 Å². The van der Waals surface area contributed by atoms with Crippen LogP contribution in [-0.4, -0.2) is 31.2 Å². The lowest BCUT2D eigenvalue weighted by Gasteiger charge is -2.44. The summed E-state index contributed by atoms with van der Waals surface area (Å²) < 4.78 is 16.4. The van der Waals surface area contributed by atoms with Crippen LogP contribution < -0.4 is 4.90 Å². The van der Waals surface area contributed by atoms with E-state index in [1.807, 2.05) is 35.9 Å². The van der Waals surface area contributed by atoms with Gasteiger partial charge in [-0.15, -0.1) is 21.8 Å². The number of aliphatic hydroxyl groups is 1. The Morgan fingerprint density at radius 3 is 2.77 bits per heavy atom. The lowest BCUT2D eigenvalue weighted by molar-refractivity contribution is 0.0996. The number of rotatable bonds is 4. The Kier molecular flexibility index (Phi) is 4.41. The summed E-state index contributed by atoms with van der Waals surface area (Å²) in [6.45, 7) is -0.156. The Hall–Kier alpha value is -2.77. The van der Waals surface area contributed by atoms with Gasteiger partial charge in [-0.3, -0.25) is 4.79 Å². The zero-order valence-corrected chi connectivity index (χ0v) is 17.1. The van der Waals surface area contributed by atoms with Gasteiger partial charge in [0.25, 0.3) is 5.91 Å². The number of aromatic nitrogens is 3. The van der Waals surface area contributed by atoms with E-state index in [0.29, 0.717) is 22.4 Å². The number of carbonyl (C=O) groups excluding carboxylic acids is 1. The number of hydrogen-bond acceptors (Lipinski definition) is 4. The monoisotopic (exact) mass is 426 g/mol. The molecule has 0 saturated heterocycles. The van der Waals surface area contributed by atoms with E-state index in [9.17, 15) is 14.3 Å². The molecule has 0 bridgehead atoms. The predicted octanol–water partition coefficient (Wildman–Crippen LogP) is 3.29. The third-order valence-corrected chi connectivity index (χ3v) is 6.53. The Bertz CT molecular complexity index is 1160. The molecule has 1 saturated carbocycles. The predicted molar refractivity (Wildman–Crippen MR) is 110 cm³/mol. The van der Waals surface area contributed by atoms with E-state index in [4.69, 9.17) is 11.6 Å². The molecule has 8 heteroatoms. The first-order valence-corrected chi connectivity index (χ1v) is 10.2. The highest BCUT2D eigenvalue weighted by Gasteiger charge is 2.49. The summed E-state index contributed by atoms with van der Waals surface area (Å²) in [5, 5.41) is 17.7.